The van der Waals surface area contributed by atoms with E-state index in [4.69, 9.17) is 0 Å². The van der Waals surface area contributed by atoms with E-state index in [1.54, 1.807) is 18.3 Å². The van der Waals surface area contributed by atoms with E-state index in [2.05, 4.69) is 0 Å². The molecule has 1 aromatic carbocycles. The molecule has 6 heteroatoms. The maximum absolute atomic E-state index is 13.8. The highest BCUT2D eigenvalue weighted by atomic mass is 19.1. The molecule has 0 aliphatic carbocycles. The van der Waals surface area contributed by atoms with Gasteiger partial charge in [0.05, 0.1) is 17.2 Å². The quantitative estimate of drug-likeness (QED) is 0.474. The Morgan fingerprint density at radius 3 is 2.78 bits per heavy atom. The van der Waals surface area contributed by atoms with Crippen molar-refractivity contribution in [1.82, 2.24) is 4.57 Å². The first-order valence-corrected chi connectivity index (χ1v) is 5.15. The van der Waals surface area contributed by atoms with Gasteiger partial charge in [0, 0.05) is 17.8 Å². The summed E-state index contributed by atoms with van der Waals surface area (Å²) >= 11 is 0. The van der Waals surface area contributed by atoms with Crippen LogP contribution in [-0.2, 0) is 6.54 Å². The maximum Gasteiger partial charge on any atom is 0.305 e. The summed E-state index contributed by atoms with van der Waals surface area (Å²) in [5.74, 6) is -0.868. The van der Waals surface area contributed by atoms with Gasteiger partial charge in [0.1, 0.15) is 0 Å². The molecule has 0 aliphatic heterocycles. The minimum absolute atomic E-state index is 0.0780. The van der Waals surface area contributed by atoms with Gasteiger partial charge in [0.2, 0.25) is 5.82 Å². The summed E-state index contributed by atoms with van der Waals surface area (Å²) in [5.41, 5.74) is -0.00304. The van der Waals surface area contributed by atoms with Gasteiger partial charge in [-0.1, -0.05) is 12.1 Å². The smallest absolute Gasteiger partial charge is 0.305 e. The average Bonchev–Trinajstić information content (AvgIpc) is 2.78. The van der Waals surface area contributed by atoms with Gasteiger partial charge in [-0.3, -0.25) is 14.9 Å². The SMILES string of the molecule is O=Cc1cccn1Cc1cccc([N+](=O)[O-])c1F. The molecule has 0 saturated carbocycles. The van der Waals surface area contributed by atoms with Crippen LogP contribution in [0.2, 0.25) is 0 Å². The molecule has 5 nitrogen and oxygen atoms in total. The lowest BCUT2D eigenvalue weighted by molar-refractivity contribution is -0.387. The van der Waals surface area contributed by atoms with Gasteiger partial charge in [0.25, 0.3) is 0 Å². The van der Waals surface area contributed by atoms with Gasteiger partial charge < -0.3 is 4.57 Å². The van der Waals surface area contributed by atoms with Crippen LogP contribution >= 0.6 is 0 Å². The molecule has 0 spiro atoms. The van der Waals surface area contributed by atoms with Crippen LogP contribution < -0.4 is 0 Å². The number of nitro benzene ring substituents is 1. The molecule has 0 fully saturated rings. The Morgan fingerprint density at radius 1 is 1.33 bits per heavy atom. The van der Waals surface area contributed by atoms with Crippen molar-refractivity contribution < 1.29 is 14.1 Å². The standard InChI is InChI=1S/C12H9FN2O3/c13-12-9(3-1-5-11(12)15(17)18)7-14-6-2-4-10(14)8-16/h1-6,8H,7H2. The van der Waals surface area contributed by atoms with E-state index in [9.17, 15) is 19.3 Å². The summed E-state index contributed by atoms with van der Waals surface area (Å²) in [4.78, 5) is 20.5. The minimum Gasteiger partial charge on any atom is -0.341 e. The van der Waals surface area contributed by atoms with Crippen molar-refractivity contribution >= 4 is 12.0 Å². The number of rotatable bonds is 4. The molecule has 0 radical (unpaired) electrons. The van der Waals surface area contributed by atoms with Crippen LogP contribution in [0, 0.1) is 15.9 Å². The van der Waals surface area contributed by atoms with Crippen LogP contribution in [-0.4, -0.2) is 15.8 Å². The highest BCUT2D eigenvalue weighted by molar-refractivity contribution is 5.72. The number of carbonyl (C=O) groups excluding carboxylic acids is 1. The molecule has 0 saturated heterocycles. The lowest BCUT2D eigenvalue weighted by atomic mass is 10.2. The molecule has 0 unspecified atom stereocenters. The summed E-state index contributed by atoms with van der Waals surface area (Å²) in [6, 6.07) is 7.22. The third-order valence-corrected chi connectivity index (χ3v) is 2.58. The van der Waals surface area contributed by atoms with E-state index in [-0.39, 0.29) is 12.1 Å². The number of carbonyl (C=O) groups is 1. The van der Waals surface area contributed by atoms with E-state index in [0.29, 0.717) is 12.0 Å². The van der Waals surface area contributed by atoms with Crippen LogP contribution in [0.3, 0.4) is 0 Å². The van der Waals surface area contributed by atoms with Gasteiger partial charge in [-0.05, 0) is 12.1 Å². The Labute approximate surface area is 102 Å². The predicted octanol–water partition coefficient (Wildman–Crippen LogP) is 2.40. The molecule has 2 rings (SSSR count). The van der Waals surface area contributed by atoms with E-state index in [1.807, 2.05) is 0 Å². The number of nitro groups is 1. The van der Waals surface area contributed by atoms with Crippen LogP contribution in [0.15, 0.2) is 36.5 Å². The van der Waals surface area contributed by atoms with Crippen LogP contribution in [0.25, 0.3) is 0 Å². The molecule has 92 valence electrons. The Kier molecular flexibility index (Phi) is 3.18. The Bertz CT molecular complexity index is 607. The third kappa shape index (κ3) is 2.13. The van der Waals surface area contributed by atoms with Crippen LogP contribution in [0.4, 0.5) is 10.1 Å². The minimum atomic E-state index is -0.868. The van der Waals surface area contributed by atoms with E-state index in [1.165, 1.54) is 16.7 Å². The van der Waals surface area contributed by atoms with Crippen molar-refractivity contribution in [2.45, 2.75) is 6.54 Å². The van der Waals surface area contributed by atoms with Gasteiger partial charge >= 0.3 is 5.69 Å². The Morgan fingerprint density at radius 2 is 2.11 bits per heavy atom. The summed E-state index contributed by atoms with van der Waals surface area (Å²) in [5, 5.41) is 10.6. The van der Waals surface area contributed by atoms with E-state index in [0.717, 1.165) is 6.07 Å². The fourth-order valence-electron chi connectivity index (χ4n) is 1.69. The van der Waals surface area contributed by atoms with Gasteiger partial charge in [-0.25, -0.2) is 0 Å². The van der Waals surface area contributed by atoms with Crippen molar-refractivity contribution in [2.24, 2.45) is 0 Å². The predicted molar refractivity (Wildman–Crippen MR) is 62.0 cm³/mol. The number of aldehydes is 1. The molecule has 0 aliphatic rings. The van der Waals surface area contributed by atoms with E-state index >= 15 is 0 Å². The average molecular weight is 248 g/mol. The van der Waals surface area contributed by atoms with Crippen molar-refractivity contribution in [2.75, 3.05) is 0 Å². The number of hydrogen-bond acceptors (Lipinski definition) is 3. The van der Waals surface area contributed by atoms with E-state index < -0.39 is 16.4 Å². The molecule has 18 heavy (non-hydrogen) atoms. The van der Waals surface area contributed by atoms with Crippen molar-refractivity contribution in [3.8, 4) is 0 Å². The number of nitrogens with zero attached hydrogens (tertiary/aromatic N) is 2. The molecule has 0 atom stereocenters. The molecule has 0 bridgehead atoms. The highest BCUT2D eigenvalue weighted by Gasteiger charge is 2.17. The highest BCUT2D eigenvalue weighted by Crippen LogP contribution is 2.21. The van der Waals surface area contributed by atoms with Crippen LogP contribution in [0.1, 0.15) is 16.1 Å². The van der Waals surface area contributed by atoms with Gasteiger partial charge in [0.15, 0.2) is 6.29 Å². The van der Waals surface area contributed by atoms with Crippen LogP contribution in [0.5, 0.6) is 0 Å². The molecule has 1 heterocycles. The summed E-state index contributed by atoms with van der Waals surface area (Å²) in [7, 11) is 0. The molecule has 0 N–H and O–H groups in total. The lowest BCUT2D eigenvalue weighted by Crippen LogP contribution is -2.05. The summed E-state index contributed by atoms with van der Waals surface area (Å²) in [6.07, 6.45) is 2.26. The zero-order valence-corrected chi connectivity index (χ0v) is 9.25. The maximum atomic E-state index is 13.8. The number of halogens is 1. The Balaban J connectivity index is 2.38. The molecule has 2 aromatic rings. The second-order valence-corrected chi connectivity index (χ2v) is 3.69. The zero-order chi connectivity index (χ0) is 13.1. The monoisotopic (exact) mass is 248 g/mol. The Hall–Kier alpha value is -2.50. The number of hydrogen-bond donors (Lipinski definition) is 0. The first-order valence-electron chi connectivity index (χ1n) is 5.15. The lowest BCUT2D eigenvalue weighted by Gasteiger charge is -2.06. The molecular formula is C12H9FN2O3. The van der Waals surface area contributed by atoms with Crippen molar-refractivity contribution in [1.29, 1.82) is 0 Å². The van der Waals surface area contributed by atoms with Crippen molar-refractivity contribution in [3.05, 3.63) is 63.7 Å². The topological polar surface area (TPSA) is 65.1 Å². The zero-order valence-electron chi connectivity index (χ0n) is 9.25. The summed E-state index contributed by atoms with van der Waals surface area (Å²) in [6.45, 7) is 0.0780. The fraction of sp³-hybridized carbons (Fsp3) is 0.0833. The largest absolute Gasteiger partial charge is 0.341 e. The molecule has 1 aromatic heterocycles. The fourth-order valence-corrected chi connectivity index (χ4v) is 1.69. The van der Waals surface area contributed by atoms with Gasteiger partial charge in [-0.2, -0.15) is 4.39 Å². The summed E-state index contributed by atoms with van der Waals surface area (Å²) < 4.78 is 15.3. The first kappa shape index (κ1) is 12.0. The second kappa shape index (κ2) is 4.79. The third-order valence-electron chi connectivity index (χ3n) is 2.58. The normalized spacial score (nSPS) is 10.3. The second-order valence-electron chi connectivity index (χ2n) is 3.69. The first-order chi connectivity index (χ1) is 8.63. The molecular weight excluding hydrogens is 239 g/mol. The van der Waals surface area contributed by atoms with Gasteiger partial charge in [-0.15, -0.1) is 0 Å². The molecule has 0 amide bonds. The number of aromatic nitrogens is 1. The number of benzene rings is 1. The van der Waals surface area contributed by atoms with Crippen molar-refractivity contribution in [3.63, 3.8) is 0 Å².